The molecule has 0 aromatic heterocycles. The monoisotopic (exact) mass is 333 g/mol. The zero-order chi connectivity index (χ0) is 17.0. The highest BCUT2D eigenvalue weighted by atomic mass is 35.5. The summed E-state index contributed by atoms with van der Waals surface area (Å²) in [5.41, 5.74) is 0.344. The Morgan fingerprint density at radius 2 is 1.74 bits per heavy atom. The number of methoxy groups -OCH3 is 1. The number of halogens is 1. The fourth-order valence-electron chi connectivity index (χ4n) is 1.89. The lowest BCUT2D eigenvalue weighted by Crippen LogP contribution is -2.14. The Labute approximate surface area is 136 Å². The zero-order valence-corrected chi connectivity index (χ0v) is 12.8. The molecule has 23 heavy (non-hydrogen) atoms. The molecule has 2 aromatic rings. The lowest BCUT2D eigenvalue weighted by molar-refractivity contribution is 0.0600. The Morgan fingerprint density at radius 3 is 2.35 bits per heavy atom. The summed E-state index contributed by atoms with van der Waals surface area (Å²) >= 11 is 5.83. The molecule has 2 rings (SSSR count). The fraction of sp³-hybridized carbons (Fsp3) is 0.0625. The number of carboxylic acid groups (broad SMARTS) is 1. The molecule has 0 fully saturated rings. The number of hydrogen-bond donors (Lipinski definition) is 2. The molecule has 0 aliphatic heterocycles. The van der Waals surface area contributed by atoms with E-state index >= 15 is 0 Å². The summed E-state index contributed by atoms with van der Waals surface area (Å²) < 4.78 is 4.57. The van der Waals surface area contributed by atoms with Crippen LogP contribution in [-0.2, 0) is 4.74 Å². The van der Waals surface area contributed by atoms with Gasteiger partial charge in [-0.25, -0.2) is 9.59 Å². The van der Waals surface area contributed by atoms with E-state index in [9.17, 15) is 14.4 Å². The molecule has 1 amide bonds. The van der Waals surface area contributed by atoms with Crippen LogP contribution in [0.1, 0.15) is 31.1 Å². The van der Waals surface area contributed by atoms with Crippen LogP contribution in [0.4, 0.5) is 5.69 Å². The Morgan fingerprint density at radius 1 is 1.04 bits per heavy atom. The largest absolute Gasteiger partial charge is 0.478 e. The molecule has 0 heterocycles. The molecular formula is C16H12ClNO5. The van der Waals surface area contributed by atoms with Crippen molar-refractivity contribution in [2.45, 2.75) is 0 Å². The van der Waals surface area contributed by atoms with Crippen molar-refractivity contribution in [3.63, 3.8) is 0 Å². The first-order valence-electron chi connectivity index (χ1n) is 6.44. The van der Waals surface area contributed by atoms with Crippen molar-refractivity contribution in [3.05, 3.63) is 64.2 Å². The molecule has 0 spiro atoms. The van der Waals surface area contributed by atoms with Gasteiger partial charge in [0, 0.05) is 16.3 Å². The molecule has 118 valence electrons. The van der Waals surface area contributed by atoms with E-state index in [1.54, 1.807) is 18.2 Å². The van der Waals surface area contributed by atoms with Crippen LogP contribution in [0, 0.1) is 0 Å². The number of ether oxygens (including phenoxy) is 1. The van der Waals surface area contributed by atoms with E-state index < -0.39 is 17.8 Å². The minimum absolute atomic E-state index is 0.0220. The number of anilines is 1. The van der Waals surface area contributed by atoms with Crippen molar-refractivity contribution in [2.75, 3.05) is 12.4 Å². The van der Waals surface area contributed by atoms with Crippen LogP contribution in [0.3, 0.4) is 0 Å². The van der Waals surface area contributed by atoms with E-state index in [1.807, 2.05) is 0 Å². The maximum absolute atomic E-state index is 12.2. The number of nitrogens with one attached hydrogen (secondary N) is 1. The molecule has 0 bridgehead atoms. The van der Waals surface area contributed by atoms with Gasteiger partial charge in [-0.2, -0.15) is 0 Å². The molecule has 2 N–H and O–H groups in total. The summed E-state index contributed by atoms with van der Waals surface area (Å²) in [6.07, 6.45) is 0. The zero-order valence-electron chi connectivity index (χ0n) is 12.0. The van der Waals surface area contributed by atoms with Gasteiger partial charge in [-0.1, -0.05) is 17.7 Å². The van der Waals surface area contributed by atoms with Gasteiger partial charge in [-0.15, -0.1) is 0 Å². The van der Waals surface area contributed by atoms with Gasteiger partial charge in [0.2, 0.25) is 0 Å². The molecule has 0 saturated heterocycles. The number of aromatic carboxylic acids is 1. The van der Waals surface area contributed by atoms with Crippen LogP contribution in [0.25, 0.3) is 0 Å². The topological polar surface area (TPSA) is 92.7 Å². The van der Waals surface area contributed by atoms with E-state index in [4.69, 9.17) is 16.7 Å². The molecule has 6 nitrogen and oxygen atoms in total. The van der Waals surface area contributed by atoms with Crippen molar-refractivity contribution in [1.29, 1.82) is 0 Å². The van der Waals surface area contributed by atoms with E-state index in [2.05, 4.69) is 10.1 Å². The summed E-state index contributed by atoms with van der Waals surface area (Å²) in [6, 6.07) is 10.0. The third-order valence-corrected chi connectivity index (χ3v) is 3.18. The first-order valence-corrected chi connectivity index (χ1v) is 6.82. The Bertz CT molecular complexity index is 788. The van der Waals surface area contributed by atoms with Crippen molar-refractivity contribution >= 4 is 35.1 Å². The maximum Gasteiger partial charge on any atom is 0.337 e. The van der Waals surface area contributed by atoms with Gasteiger partial charge >= 0.3 is 11.9 Å². The first kappa shape index (κ1) is 16.5. The van der Waals surface area contributed by atoms with Crippen molar-refractivity contribution in [3.8, 4) is 0 Å². The number of carbonyl (C=O) groups excluding carboxylic acids is 2. The van der Waals surface area contributed by atoms with Gasteiger partial charge in [0.1, 0.15) is 0 Å². The quantitative estimate of drug-likeness (QED) is 0.839. The second-order valence-corrected chi connectivity index (χ2v) is 5.00. The summed E-state index contributed by atoms with van der Waals surface area (Å²) in [4.78, 5) is 34.9. The lowest BCUT2D eigenvalue weighted by Gasteiger charge is -2.09. The molecule has 0 aliphatic carbocycles. The summed E-state index contributed by atoms with van der Waals surface area (Å²) in [5.74, 6) is -2.41. The maximum atomic E-state index is 12.2. The highest BCUT2D eigenvalue weighted by molar-refractivity contribution is 6.31. The van der Waals surface area contributed by atoms with Crippen molar-refractivity contribution in [2.24, 2.45) is 0 Å². The molecule has 7 heteroatoms. The molecule has 0 aliphatic rings. The summed E-state index contributed by atoms with van der Waals surface area (Å²) in [5, 5.41) is 12.0. The predicted molar refractivity (Wildman–Crippen MR) is 84.1 cm³/mol. The van der Waals surface area contributed by atoms with Crippen LogP contribution in [0.15, 0.2) is 42.5 Å². The number of benzene rings is 2. The van der Waals surface area contributed by atoms with E-state index in [0.29, 0.717) is 10.6 Å². The van der Waals surface area contributed by atoms with Crippen molar-refractivity contribution in [1.82, 2.24) is 0 Å². The number of amides is 1. The molecule has 0 saturated carbocycles. The van der Waals surface area contributed by atoms with Gasteiger partial charge in [0.15, 0.2) is 0 Å². The third-order valence-electron chi connectivity index (χ3n) is 2.95. The van der Waals surface area contributed by atoms with Gasteiger partial charge in [0.05, 0.1) is 18.2 Å². The van der Waals surface area contributed by atoms with Crippen LogP contribution < -0.4 is 5.32 Å². The highest BCUT2D eigenvalue weighted by Crippen LogP contribution is 2.18. The number of carbonyl (C=O) groups is 3. The Balaban J connectivity index is 2.35. The predicted octanol–water partition coefficient (Wildman–Crippen LogP) is 3.08. The van der Waals surface area contributed by atoms with Crippen LogP contribution in [0.5, 0.6) is 0 Å². The number of hydrogen-bond acceptors (Lipinski definition) is 4. The van der Waals surface area contributed by atoms with E-state index in [0.717, 1.165) is 0 Å². The molecule has 2 aromatic carbocycles. The van der Waals surface area contributed by atoms with Crippen molar-refractivity contribution < 1.29 is 24.2 Å². The van der Waals surface area contributed by atoms with Crippen LogP contribution in [0.2, 0.25) is 5.02 Å². The number of rotatable bonds is 4. The minimum Gasteiger partial charge on any atom is -0.478 e. The summed E-state index contributed by atoms with van der Waals surface area (Å²) in [7, 11) is 1.18. The average Bonchev–Trinajstić information content (AvgIpc) is 2.53. The van der Waals surface area contributed by atoms with Crippen LogP contribution >= 0.6 is 11.6 Å². The Kier molecular flexibility index (Phi) is 4.98. The standard InChI is InChI=1S/C16H12ClNO5/c1-23-16(22)11-5-10(15(20)21)7-13(8-11)18-14(19)9-3-2-4-12(17)6-9/h2-8H,1H3,(H,18,19)(H,20,21). The first-order chi connectivity index (χ1) is 10.9. The highest BCUT2D eigenvalue weighted by Gasteiger charge is 2.14. The van der Waals surface area contributed by atoms with Crippen LogP contribution in [-0.4, -0.2) is 30.1 Å². The summed E-state index contributed by atoms with van der Waals surface area (Å²) in [6.45, 7) is 0. The van der Waals surface area contributed by atoms with Gasteiger partial charge in [-0.05, 0) is 36.4 Å². The molecule has 0 atom stereocenters. The second-order valence-electron chi connectivity index (χ2n) is 4.56. The van der Waals surface area contributed by atoms with Gasteiger partial charge < -0.3 is 15.2 Å². The smallest absolute Gasteiger partial charge is 0.337 e. The minimum atomic E-state index is -1.23. The lowest BCUT2D eigenvalue weighted by atomic mass is 10.1. The number of carboxylic acids is 1. The van der Waals surface area contributed by atoms with Gasteiger partial charge in [-0.3, -0.25) is 4.79 Å². The fourth-order valence-corrected chi connectivity index (χ4v) is 2.08. The Hall–Kier alpha value is -2.86. The SMILES string of the molecule is COC(=O)c1cc(NC(=O)c2cccc(Cl)c2)cc(C(=O)O)c1. The molecule has 0 radical (unpaired) electrons. The van der Waals surface area contributed by atoms with E-state index in [1.165, 1.54) is 31.4 Å². The second kappa shape index (κ2) is 6.93. The normalized spacial score (nSPS) is 10.0. The molecule has 0 unspecified atom stereocenters. The third kappa shape index (κ3) is 4.08. The average molecular weight is 334 g/mol. The molecular weight excluding hydrogens is 322 g/mol. The number of esters is 1. The van der Waals surface area contributed by atoms with E-state index in [-0.39, 0.29) is 16.8 Å². The van der Waals surface area contributed by atoms with Gasteiger partial charge in [0.25, 0.3) is 5.91 Å².